The molecule has 0 aliphatic rings. The van der Waals surface area contributed by atoms with Crippen LogP contribution in [0.25, 0.3) is 0 Å². The topological polar surface area (TPSA) is 66.4 Å². The molecule has 2 aromatic rings. The summed E-state index contributed by atoms with van der Waals surface area (Å²) in [6.45, 7) is 0. The highest BCUT2D eigenvalue weighted by molar-refractivity contribution is 9.10. The normalized spacial score (nSPS) is 10.2. The Morgan fingerprint density at radius 3 is 2.57 bits per heavy atom. The van der Waals surface area contributed by atoms with Crippen molar-refractivity contribution in [1.82, 2.24) is 0 Å². The van der Waals surface area contributed by atoms with Crippen LogP contribution in [0.15, 0.2) is 40.9 Å². The number of rotatable bonds is 3. The Labute approximate surface area is 132 Å². The van der Waals surface area contributed by atoms with E-state index in [0.717, 1.165) is 6.07 Å². The first-order valence-corrected chi connectivity index (χ1v) is 6.85. The maximum atomic E-state index is 13.5. The summed E-state index contributed by atoms with van der Waals surface area (Å²) in [5.74, 6) is -2.98. The highest BCUT2D eigenvalue weighted by atomic mass is 79.9. The van der Waals surface area contributed by atoms with Crippen molar-refractivity contribution < 1.29 is 19.1 Å². The van der Waals surface area contributed by atoms with Gasteiger partial charge in [0.05, 0.1) is 5.69 Å². The van der Waals surface area contributed by atoms with Gasteiger partial charge in [-0.15, -0.1) is 0 Å². The minimum atomic E-state index is -1.46. The quantitative estimate of drug-likeness (QED) is 0.849. The molecule has 0 atom stereocenters. The average molecular weight is 373 g/mol. The third-order valence-corrected chi connectivity index (χ3v) is 3.28. The van der Waals surface area contributed by atoms with Gasteiger partial charge in [-0.25, -0.2) is 9.18 Å². The molecule has 0 heterocycles. The van der Waals surface area contributed by atoms with Crippen LogP contribution in [0, 0.1) is 5.82 Å². The molecule has 4 nitrogen and oxygen atoms in total. The fraction of sp³-hybridized carbons (Fsp3) is 0. The van der Waals surface area contributed by atoms with Crippen molar-refractivity contribution in [2.45, 2.75) is 0 Å². The van der Waals surface area contributed by atoms with Crippen LogP contribution in [-0.4, -0.2) is 17.0 Å². The molecular formula is C14H8BrClFNO3. The first-order valence-electron chi connectivity index (χ1n) is 5.67. The van der Waals surface area contributed by atoms with Gasteiger partial charge in [-0.2, -0.15) is 0 Å². The number of carboxylic acid groups (broad SMARTS) is 1. The van der Waals surface area contributed by atoms with E-state index in [9.17, 15) is 14.0 Å². The zero-order valence-corrected chi connectivity index (χ0v) is 12.7. The maximum Gasteiger partial charge on any atom is 0.340 e. The lowest BCUT2D eigenvalue weighted by atomic mass is 10.1. The van der Waals surface area contributed by atoms with Crippen molar-refractivity contribution in [3.05, 3.63) is 62.8 Å². The smallest absolute Gasteiger partial charge is 0.340 e. The minimum Gasteiger partial charge on any atom is -0.478 e. The number of anilines is 1. The first kappa shape index (κ1) is 15.5. The lowest BCUT2D eigenvalue weighted by Crippen LogP contribution is -2.15. The fourth-order valence-corrected chi connectivity index (χ4v) is 2.59. The molecule has 1 amide bonds. The number of hydrogen-bond donors (Lipinski definition) is 2. The number of aromatic carboxylic acids is 1. The third kappa shape index (κ3) is 3.59. The van der Waals surface area contributed by atoms with E-state index in [1.165, 1.54) is 24.3 Å². The van der Waals surface area contributed by atoms with Crippen LogP contribution >= 0.6 is 27.5 Å². The molecule has 7 heteroatoms. The predicted octanol–water partition coefficient (Wildman–Crippen LogP) is 4.19. The number of benzene rings is 2. The second kappa shape index (κ2) is 6.24. The third-order valence-electron chi connectivity index (χ3n) is 2.60. The van der Waals surface area contributed by atoms with E-state index >= 15 is 0 Å². The molecule has 0 radical (unpaired) electrons. The van der Waals surface area contributed by atoms with Gasteiger partial charge < -0.3 is 10.4 Å². The van der Waals surface area contributed by atoms with E-state index in [1.807, 2.05) is 0 Å². The molecule has 0 saturated carbocycles. The number of carbonyl (C=O) groups is 2. The molecule has 0 aromatic heterocycles. The summed E-state index contributed by atoms with van der Waals surface area (Å²) in [7, 11) is 0. The van der Waals surface area contributed by atoms with Gasteiger partial charge in [0.25, 0.3) is 5.91 Å². The molecule has 0 aliphatic carbocycles. The highest BCUT2D eigenvalue weighted by Gasteiger charge is 2.18. The minimum absolute atomic E-state index is 0.122. The van der Waals surface area contributed by atoms with E-state index in [2.05, 4.69) is 21.2 Å². The molecule has 2 aromatic carbocycles. The van der Waals surface area contributed by atoms with Gasteiger partial charge in [0.1, 0.15) is 11.4 Å². The van der Waals surface area contributed by atoms with Crippen LogP contribution in [-0.2, 0) is 0 Å². The number of nitrogens with one attached hydrogen (secondary N) is 1. The molecule has 0 unspecified atom stereocenters. The molecular weight excluding hydrogens is 365 g/mol. The van der Waals surface area contributed by atoms with Gasteiger partial charge in [0, 0.05) is 15.1 Å². The van der Waals surface area contributed by atoms with Crippen LogP contribution in [0.1, 0.15) is 20.7 Å². The van der Waals surface area contributed by atoms with E-state index in [0.29, 0.717) is 9.50 Å². The van der Waals surface area contributed by atoms with E-state index in [-0.39, 0.29) is 11.3 Å². The lowest BCUT2D eigenvalue weighted by molar-refractivity contribution is 0.0693. The van der Waals surface area contributed by atoms with Crippen molar-refractivity contribution >= 4 is 45.1 Å². The Hall–Kier alpha value is -1.92. The predicted molar refractivity (Wildman–Crippen MR) is 80.5 cm³/mol. The summed E-state index contributed by atoms with van der Waals surface area (Å²) in [6, 6.07) is 8.16. The second-order valence-electron chi connectivity index (χ2n) is 4.08. The van der Waals surface area contributed by atoms with Crippen LogP contribution in [0.2, 0.25) is 5.02 Å². The molecule has 0 spiro atoms. The van der Waals surface area contributed by atoms with E-state index in [1.54, 1.807) is 6.07 Å². The summed E-state index contributed by atoms with van der Waals surface area (Å²) < 4.78 is 14.1. The number of carboxylic acids is 1. The fourth-order valence-electron chi connectivity index (χ4n) is 1.73. The molecule has 2 rings (SSSR count). The van der Waals surface area contributed by atoms with Crippen molar-refractivity contribution in [3.63, 3.8) is 0 Å². The Balaban J connectivity index is 2.36. The van der Waals surface area contributed by atoms with Crippen molar-refractivity contribution in [3.8, 4) is 0 Å². The number of hydrogen-bond acceptors (Lipinski definition) is 2. The summed E-state index contributed by atoms with van der Waals surface area (Å²) in [6.07, 6.45) is 0. The van der Waals surface area contributed by atoms with Crippen LogP contribution in [0.4, 0.5) is 10.1 Å². The van der Waals surface area contributed by atoms with Gasteiger partial charge in [-0.05, 0) is 30.3 Å². The average Bonchev–Trinajstić information content (AvgIpc) is 2.37. The van der Waals surface area contributed by atoms with Crippen LogP contribution in [0.5, 0.6) is 0 Å². The van der Waals surface area contributed by atoms with Crippen molar-refractivity contribution in [1.29, 1.82) is 0 Å². The van der Waals surface area contributed by atoms with Gasteiger partial charge >= 0.3 is 5.97 Å². The van der Waals surface area contributed by atoms with E-state index < -0.39 is 23.3 Å². The standard InChI is InChI=1S/C14H8BrClFNO3/c15-8-4-7(5-9(16)6-8)13(19)18-11-3-1-2-10(17)12(11)14(20)21/h1-6H,(H,18,19)(H,20,21). The molecule has 0 fully saturated rings. The lowest BCUT2D eigenvalue weighted by Gasteiger charge is -2.09. The van der Waals surface area contributed by atoms with Crippen molar-refractivity contribution in [2.24, 2.45) is 0 Å². The second-order valence-corrected chi connectivity index (χ2v) is 5.43. The van der Waals surface area contributed by atoms with E-state index in [4.69, 9.17) is 16.7 Å². The first-order chi connectivity index (χ1) is 9.88. The summed E-state index contributed by atoms with van der Waals surface area (Å²) in [4.78, 5) is 23.1. The van der Waals surface area contributed by atoms with Crippen molar-refractivity contribution in [2.75, 3.05) is 5.32 Å². The van der Waals surface area contributed by atoms with Crippen LogP contribution in [0.3, 0.4) is 0 Å². The molecule has 108 valence electrons. The van der Waals surface area contributed by atoms with Gasteiger partial charge in [0.2, 0.25) is 0 Å². The zero-order valence-electron chi connectivity index (χ0n) is 10.4. The number of halogens is 3. The van der Waals surface area contributed by atoms with Gasteiger partial charge in [-0.1, -0.05) is 33.6 Å². The Bertz CT molecular complexity index is 716. The molecule has 21 heavy (non-hydrogen) atoms. The molecule has 0 saturated heterocycles. The molecule has 0 aliphatic heterocycles. The Morgan fingerprint density at radius 2 is 1.95 bits per heavy atom. The summed E-state index contributed by atoms with van der Waals surface area (Å²) in [5, 5.41) is 11.7. The summed E-state index contributed by atoms with van der Waals surface area (Å²) in [5.41, 5.74) is -0.495. The summed E-state index contributed by atoms with van der Waals surface area (Å²) >= 11 is 9.04. The zero-order chi connectivity index (χ0) is 15.6. The largest absolute Gasteiger partial charge is 0.478 e. The Morgan fingerprint density at radius 1 is 1.24 bits per heavy atom. The van der Waals surface area contributed by atoms with Gasteiger partial charge in [0.15, 0.2) is 0 Å². The van der Waals surface area contributed by atoms with Gasteiger partial charge in [-0.3, -0.25) is 4.79 Å². The molecule has 2 N–H and O–H groups in total. The number of amides is 1. The highest BCUT2D eigenvalue weighted by Crippen LogP contribution is 2.23. The monoisotopic (exact) mass is 371 g/mol. The Kier molecular flexibility index (Phi) is 4.59. The van der Waals surface area contributed by atoms with Crippen LogP contribution < -0.4 is 5.32 Å². The number of carbonyl (C=O) groups excluding carboxylic acids is 1. The molecule has 0 bridgehead atoms. The maximum absolute atomic E-state index is 13.5. The SMILES string of the molecule is O=C(Nc1cccc(F)c1C(=O)O)c1cc(Cl)cc(Br)c1.